The lowest BCUT2D eigenvalue weighted by Gasteiger charge is -2.05. The van der Waals surface area contributed by atoms with Crippen LogP contribution in [0.3, 0.4) is 0 Å². The maximum atomic E-state index is 11.1. The van der Waals surface area contributed by atoms with Crippen molar-refractivity contribution < 1.29 is 9.53 Å². The quantitative estimate of drug-likeness (QED) is 0.773. The number of anilines is 2. The molecule has 0 aliphatic rings. The Hall–Kier alpha value is -1.90. The highest BCUT2D eigenvalue weighted by Crippen LogP contribution is 2.25. The van der Waals surface area contributed by atoms with E-state index in [0.717, 1.165) is 0 Å². The van der Waals surface area contributed by atoms with Gasteiger partial charge in [0.15, 0.2) is 10.4 Å². The van der Waals surface area contributed by atoms with Gasteiger partial charge in [-0.05, 0) is 15.9 Å². The van der Waals surface area contributed by atoms with Crippen molar-refractivity contribution >= 4 is 44.8 Å². The minimum absolute atomic E-state index is 0.135. The van der Waals surface area contributed by atoms with Crippen molar-refractivity contribution in [1.29, 1.82) is 0 Å². The molecular formula is C8H9BrN6O2. The SMILES string of the molecule is CNc1nc(NC(=O)OC)nc2c(Br)n[nH]c12. The van der Waals surface area contributed by atoms with E-state index in [1.54, 1.807) is 7.05 Å². The molecule has 3 N–H and O–H groups in total. The normalized spacial score (nSPS) is 10.3. The summed E-state index contributed by atoms with van der Waals surface area (Å²) in [6, 6.07) is 0. The van der Waals surface area contributed by atoms with Crippen molar-refractivity contribution in [1.82, 2.24) is 20.2 Å². The summed E-state index contributed by atoms with van der Waals surface area (Å²) in [7, 11) is 2.97. The van der Waals surface area contributed by atoms with Crippen molar-refractivity contribution in [3.63, 3.8) is 0 Å². The lowest BCUT2D eigenvalue weighted by atomic mass is 10.4. The fraction of sp³-hybridized carbons (Fsp3) is 0.250. The topological polar surface area (TPSA) is 105 Å². The first-order valence-corrected chi connectivity index (χ1v) is 5.39. The number of amides is 1. The first kappa shape index (κ1) is 11.6. The number of aromatic amines is 1. The van der Waals surface area contributed by atoms with E-state index in [-0.39, 0.29) is 5.95 Å². The molecular weight excluding hydrogens is 292 g/mol. The number of H-pyrrole nitrogens is 1. The standard InChI is InChI=1S/C8H9BrN6O2/c1-10-6-4-3(5(9)15-14-4)11-7(12-6)13-8(16)17-2/h1-2H3,(H,14,15)(H2,10,11,12,13,16). The van der Waals surface area contributed by atoms with Crippen LogP contribution in [-0.4, -0.2) is 40.4 Å². The van der Waals surface area contributed by atoms with E-state index in [0.29, 0.717) is 21.5 Å². The summed E-state index contributed by atoms with van der Waals surface area (Å²) in [5, 5.41) is 12.0. The van der Waals surface area contributed by atoms with Crippen molar-refractivity contribution in [2.45, 2.75) is 0 Å². The molecule has 8 nitrogen and oxygen atoms in total. The van der Waals surface area contributed by atoms with E-state index >= 15 is 0 Å². The van der Waals surface area contributed by atoms with Gasteiger partial charge in [0.05, 0.1) is 7.11 Å². The van der Waals surface area contributed by atoms with Gasteiger partial charge in [-0.2, -0.15) is 10.1 Å². The Bertz CT molecular complexity index is 568. The van der Waals surface area contributed by atoms with E-state index in [2.05, 4.69) is 51.5 Å². The summed E-state index contributed by atoms with van der Waals surface area (Å²) in [6.45, 7) is 0. The van der Waals surface area contributed by atoms with E-state index in [1.165, 1.54) is 7.11 Å². The number of carbonyl (C=O) groups excluding carboxylic acids is 1. The zero-order valence-electron chi connectivity index (χ0n) is 9.04. The van der Waals surface area contributed by atoms with Gasteiger partial charge in [0.1, 0.15) is 11.0 Å². The van der Waals surface area contributed by atoms with Gasteiger partial charge >= 0.3 is 6.09 Å². The van der Waals surface area contributed by atoms with Gasteiger partial charge < -0.3 is 10.1 Å². The first-order valence-electron chi connectivity index (χ1n) is 4.60. The molecule has 0 radical (unpaired) electrons. The van der Waals surface area contributed by atoms with Crippen LogP contribution in [0.5, 0.6) is 0 Å². The largest absolute Gasteiger partial charge is 0.453 e. The highest BCUT2D eigenvalue weighted by atomic mass is 79.9. The second-order valence-electron chi connectivity index (χ2n) is 3.00. The maximum Gasteiger partial charge on any atom is 0.413 e. The molecule has 0 atom stereocenters. The molecule has 2 heterocycles. The molecule has 2 rings (SSSR count). The molecule has 0 bridgehead atoms. The van der Waals surface area contributed by atoms with E-state index in [1.807, 2.05) is 0 Å². The van der Waals surface area contributed by atoms with Crippen LogP contribution in [-0.2, 0) is 4.74 Å². The molecule has 0 aliphatic heterocycles. The van der Waals surface area contributed by atoms with Gasteiger partial charge in [-0.3, -0.25) is 10.4 Å². The zero-order chi connectivity index (χ0) is 12.4. The van der Waals surface area contributed by atoms with Crippen LogP contribution in [0.25, 0.3) is 11.0 Å². The van der Waals surface area contributed by atoms with Gasteiger partial charge in [0.2, 0.25) is 5.95 Å². The summed E-state index contributed by atoms with van der Waals surface area (Å²) >= 11 is 3.24. The third-order valence-electron chi connectivity index (χ3n) is 2.01. The summed E-state index contributed by atoms with van der Waals surface area (Å²) in [5.41, 5.74) is 1.21. The average molecular weight is 301 g/mol. The lowest BCUT2D eigenvalue weighted by Crippen LogP contribution is -2.14. The zero-order valence-corrected chi connectivity index (χ0v) is 10.6. The van der Waals surface area contributed by atoms with Crippen LogP contribution < -0.4 is 10.6 Å². The molecule has 2 aromatic rings. The Morgan fingerprint density at radius 3 is 2.88 bits per heavy atom. The predicted octanol–water partition coefficient (Wildman–Crippen LogP) is 1.34. The summed E-state index contributed by atoms with van der Waals surface area (Å²) in [6.07, 6.45) is -0.633. The molecule has 0 saturated carbocycles. The second kappa shape index (κ2) is 4.53. The number of methoxy groups -OCH3 is 1. The van der Waals surface area contributed by atoms with Crippen LogP contribution in [0.2, 0.25) is 0 Å². The molecule has 9 heteroatoms. The number of carbonyl (C=O) groups is 1. The number of ether oxygens (including phenoxy) is 1. The molecule has 0 unspecified atom stereocenters. The summed E-state index contributed by atoms with van der Waals surface area (Å²) in [4.78, 5) is 19.3. The number of halogens is 1. The lowest BCUT2D eigenvalue weighted by molar-refractivity contribution is 0.186. The Morgan fingerprint density at radius 2 is 2.24 bits per heavy atom. The van der Waals surface area contributed by atoms with Crippen LogP contribution in [0.15, 0.2) is 4.60 Å². The van der Waals surface area contributed by atoms with E-state index < -0.39 is 6.09 Å². The van der Waals surface area contributed by atoms with Gasteiger partial charge in [0, 0.05) is 7.05 Å². The molecule has 1 amide bonds. The third kappa shape index (κ3) is 2.13. The molecule has 0 fully saturated rings. The Kier molecular flexibility index (Phi) is 3.09. The van der Waals surface area contributed by atoms with Gasteiger partial charge in [-0.25, -0.2) is 9.78 Å². The van der Waals surface area contributed by atoms with Crippen molar-refractivity contribution in [2.75, 3.05) is 24.8 Å². The molecule has 0 aromatic carbocycles. The Labute approximate surface area is 104 Å². The fourth-order valence-corrected chi connectivity index (χ4v) is 1.63. The molecule has 17 heavy (non-hydrogen) atoms. The maximum absolute atomic E-state index is 11.1. The highest BCUT2D eigenvalue weighted by Gasteiger charge is 2.13. The molecule has 2 aromatic heterocycles. The number of nitrogens with one attached hydrogen (secondary N) is 3. The number of nitrogens with zero attached hydrogens (tertiary/aromatic N) is 3. The van der Waals surface area contributed by atoms with E-state index in [4.69, 9.17) is 0 Å². The highest BCUT2D eigenvalue weighted by molar-refractivity contribution is 9.10. The van der Waals surface area contributed by atoms with E-state index in [9.17, 15) is 4.79 Å². The summed E-state index contributed by atoms with van der Waals surface area (Å²) in [5.74, 6) is 0.662. The molecule has 90 valence electrons. The van der Waals surface area contributed by atoms with Crippen LogP contribution in [0.1, 0.15) is 0 Å². The smallest absolute Gasteiger partial charge is 0.413 e. The average Bonchev–Trinajstić information content (AvgIpc) is 2.70. The Morgan fingerprint density at radius 1 is 1.47 bits per heavy atom. The van der Waals surface area contributed by atoms with Gasteiger partial charge in [-0.1, -0.05) is 0 Å². The first-order chi connectivity index (χ1) is 8.15. The minimum Gasteiger partial charge on any atom is -0.453 e. The Balaban J connectivity index is 2.50. The predicted molar refractivity (Wildman–Crippen MR) is 65.0 cm³/mol. The third-order valence-corrected chi connectivity index (χ3v) is 2.56. The van der Waals surface area contributed by atoms with Crippen LogP contribution in [0.4, 0.5) is 16.6 Å². The number of aromatic nitrogens is 4. The monoisotopic (exact) mass is 300 g/mol. The molecule has 0 saturated heterocycles. The summed E-state index contributed by atoms with van der Waals surface area (Å²) < 4.78 is 5.01. The molecule has 0 spiro atoms. The van der Waals surface area contributed by atoms with Crippen molar-refractivity contribution in [3.8, 4) is 0 Å². The van der Waals surface area contributed by atoms with Crippen molar-refractivity contribution in [2.24, 2.45) is 0 Å². The van der Waals surface area contributed by atoms with Crippen molar-refractivity contribution in [3.05, 3.63) is 4.60 Å². The number of fused-ring (bicyclic) bond motifs is 1. The number of hydrogen-bond donors (Lipinski definition) is 3. The minimum atomic E-state index is -0.633. The van der Waals surface area contributed by atoms with Crippen LogP contribution >= 0.6 is 15.9 Å². The number of rotatable bonds is 2. The van der Waals surface area contributed by atoms with Gasteiger partial charge in [-0.15, -0.1) is 0 Å². The fourth-order valence-electron chi connectivity index (χ4n) is 1.25. The van der Waals surface area contributed by atoms with Crippen LogP contribution in [0, 0.1) is 0 Å². The number of hydrogen-bond acceptors (Lipinski definition) is 6. The molecule has 0 aliphatic carbocycles. The second-order valence-corrected chi connectivity index (χ2v) is 3.75. The van der Waals surface area contributed by atoms with Gasteiger partial charge in [0.25, 0.3) is 0 Å².